The SMILES string of the molecule is CCNC(=NCCC1CCCCC1)N1CCC(OCC2CCCCO2)CC1. The maximum Gasteiger partial charge on any atom is 0.193 e. The van der Waals surface area contributed by atoms with Gasteiger partial charge in [0.1, 0.15) is 0 Å². The molecule has 1 saturated carbocycles. The van der Waals surface area contributed by atoms with Crippen LogP contribution in [0.25, 0.3) is 0 Å². The van der Waals surface area contributed by atoms with E-state index in [9.17, 15) is 0 Å². The zero-order valence-electron chi connectivity index (χ0n) is 17.5. The van der Waals surface area contributed by atoms with Gasteiger partial charge in [0, 0.05) is 32.8 Å². The molecular formula is C22H41N3O2. The lowest BCUT2D eigenvalue weighted by Crippen LogP contribution is -2.47. The Kier molecular flexibility index (Phi) is 9.22. The van der Waals surface area contributed by atoms with Crippen LogP contribution in [0.1, 0.15) is 77.6 Å². The van der Waals surface area contributed by atoms with Crippen molar-refractivity contribution >= 4 is 5.96 Å². The maximum atomic E-state index is 6.16. The van der Waals surface area contributed by atoms with E-state index >= 15 is 0 Å². The van der Waals surface area contributed by atoms with Gasteiger partial charge in [-0.1, -0.05) is 32.1 Å². The first-order valence-electron chi connectivity index (χ1n) is 11.6. The van der Waals surface area contributed by atoms with Crippen molar-refractivity contribution in [2.45, 2.75) is 89.8 Å². The highest BCUT2D eigenvalue weighted by atomic mass is 16.5. The molecule has 2 aliphatic heterocycles. The predicted octanol–water partition coefficient (Wildman–Crippen LogP) is 3.97. The van der Waals surface area contributed by atoms with Gasteiger partial charge in [-0.05, 0) is 51.4 Å². The summed E-state index contributed by atoms with van der Waals surface area (Å²) in [5, 5.41) is 3.50. The van der Waals surface area contributed by atoms with Gasteiger partial charge in [-0.25, -0.2) is 0 Å². The summed E-state index contributed by atoms with van der Waals surface area (Å²) in [5.41, 5.74) is 0. The molecule has 1 unspecified atom stereocenters. The Morgan fingerprint density at radius 2 is 1.81 bits per heavy atom. The van der Waals surface area contributed by atoms with Gasteiger partial charge in [-0.3, -0.25) is 4.99 Å². The Labute approximate surface area is 166 Å². The third kappa shape index (κ3) is 7.26. The van der Waals surface area contributed by atoms with Crippen LogP contribution in [0.3, 0.4) is 0 Å². The molecule has 1 aliphatic carbocycles. The van der Waals surface area contributed by atoms with Gasteiger partial charge >= 0.3 is 0 Å². The van der Waals surface area contributed by atoms with E-state index in [1.54, 1.807) is 0 Å². The van der Waals surface area contributed by atoms with E-state index in [1.165, 1.54) is 51.4 Å². The summed E-state index contributed by atoms with van der Waals surface area (Å²) in [6.45, 7) is 7.86. The number of nitrogens with zero attached hydrogens (tertiary/aromatic N) is 2. The van der Waals surface area contributed by atoms with Gasteiger partial charge in [-0.15, -0.1) is 0 Å². The molecule has 5 heteroatoms. The third-order valence-electron chi connectivity index (χ3n) is 6.39. The lowest BCUT2D eigenvalue weighted by molar-refractivity contribution is -0.0721. The molecule has 156 valence electrons. The Hall–Kier alpha value is -0.810. The average Bonchev–Trinajstić information content (AvgIpc) is 2.74. The fraction of sp³-hybridized carbons (Fsp3) is 0.955. The van der Waals surface area contributed by atoms with Crippen LogP contribution in [-0.2, 0) is 9.47 Å². The van der Waals surface area contributed by atoms with Crippen molar-refractivity contribution in [3.63, 3.8) is 0 Å². The van der Waals surface area contributed by atoms with Gasteiger partial charge in [0.2, 0.25) is 0 Å². The van der Waals surface area contributed by atoms with Crippen molar-refractivity contribution in [1.29, 1.82) is 0 Å². The summed E-state index contributed by atoms with van der Waals surface area (Å²) in [5.74, 6) is 2.02. The molecule has 0 aromatic rings. The standard InChI is InChI=1S/C22H41N3O2/c1-2-23-22(24-14-11-19-8-4-3-5-9-19)25-15-12-20(13-16-25)27-18-21-10-6-7-17-26-21/h19-21H,2-18H2,1H3,(H,23,24). The molecule has 0 amide bonds. The summed E-state index contributed by atoms with van der Waals surface area (Å²) >= 11 is 0. The fourth-order valence-corrected chi connectivity index (χ4v) is 4.67. The number of piperidine rings is 1. The van der Waals surface area contributed by atoms with Gasteiger partial charge in [-0.2, -0.15) is 0 Å². The normalized spacial score (nSPS) is 26.3. The molecule has 3 rings (SSSR count). The van der Waals surface area contributed by atoms with E-state index in [0.717, 1.165) is 70.5 Å². The highest BCUT2D eigenvalue weighted by Gasteiger charge is 2.24. The van der Waals surface area contributed by atoms with Crippen molar-refractivity contribution in [2.24, 2.45) is 10.9 Å². The first-order valence-corrected chi connectivity index (χ1v) is 11.6. The fourth-order valence-electron chi connectivity index (χ4n) is 4.67. The number of hydrogen-bond acceptors (Lipinski definition) is 3. The molecular weight excluding hydrogens is 338 g/mol. The highest BCUT2D eigenvalue weighted by molar-refractivity contribution is 5.80. The van der Waals surface area contributed by atoms with Crippen LogP contribution in [0.2, 0.25) is 0 Å². The van der Waals surface area contributed by atoms with E-state index in [1.807, 2.05) is 0 Å². The van der Waals surface area contributed by atoms with Crippen molar-refractivity contribution in [3.8, 4) is 0 Å². The van der Waals surface area contributed by atoms with Crippen LogP contribution in [0, 0.1) is 5.92 Å². The van der Waals surface area contributed by atoms with Crippen LogP contribution in [0.5, 0.6) is 0 Å². The van der Waals surface area contributed by atoms with Crippen molar-refractivity contribution in [3.05, 3.63) is 0 Å². The molecule has 1 atom stereocenters. The van der Waals surface area contributed by atoms with E-state index in [0.29, 0.717) is 12.2 Å². The minimum Gasteiger partial charge on any atom is -0.376 e. The summed E-state index contributed by atoms with van der Waals surface area (Å²) < 4.78 is 11.9. The van der Waals surface area contributed by atoms with E-state index in [-0.39, 0.29) is 0 Å². The largest absolute Gasteiger partial charge is 0.376 e. The highest BCUT2D eigenvalue weighted by Crippen LogP contribution is 2.26. The van der Waals surface area contributed by atoms with Crippen molar-refractivity contribution < 1.29 is 9.47 Å². The minimum absolute atomic E-state index is 0.329. The molecule has 27 heavy (non-hydrogen) atoms. The number of likely N-dealkylation sites (tertiary alicyclic amines) is 1. The zero-order valence-corrected chi connectivity index (χ0v) is 17.5. The molecule has 0 bridgehead atoms. The van der Waals surface area contributed by atoms with Crippen molar-refractivity contribution in [1.82, 2.24) is 10.2 Å². The van der Waals surface area contributed by atoms with Crippen LogP contribution in [-0.4, -0.2) is 62.5 Å². The van der Waals surface area contributed by atoms with Gasteiger partial charge in [0.15, 0.2) is 5.96 Å². The molecule has 1 N–H and O–H groups in total. The third-order valence-corrected chi connectivity index (χ3v) is 6.39. The van der Waals surface area contributed by atoms with Crippen LogP contribution < -0.4 is 5.32 Å². The molecule has 3 fully saturated rings. The van der Waals surface area contributed by atoms with Crippen molar-refractivity contribution in [2.75, 3.05) is 39.4 Å². The Bertz CT molecular complexity index is 423. The molecule has 0 radical (unpaired) electrons. The van der Waals surface area contributed by atoms with Gasteiger partial charge in [0.05, 0.1) is 18.8 Å². The molecule has 5 nitrogen and oxygen atoms in total. The minimum atomic E-state index is 0.329. The Morgan fingerprint density at radius 3 is 2.52 bits per heavy atom. The molecule has 3 aliphatic rings. The first kappa shape index (κ1) is 20.9. The van der Waals surface area contributed by atoms with Crippen LogP contribution >= 0.6 is 0 Å². The van der Waals surface area contributed by atoms with Crippen LogP contribution in [0.15, 0.2) is 4.99 Å². The molecule has 0 aromatic heterocycles. The number of guanidine groups is 1. The second-order valence-electron chi connectivity index (χ2n) is 8.54. The number of hydrogen-bond donors (Lipinski definition) is 1. The Balaban J connectivity index is 1.37. The molecule has 2 heterocycles. The zero-order chi connectivity index (χ0) is 18.7. The summed E-state index contributed by atoms with van der Waals surface area (Å²) in [6.07, 6.45) is 14.9. The number of ether oxygens (including phenoxy) is 2. The smallest absolute Gasteiger partial charge is 0.193 e. The Morgan fingerprint density at radius 1 is 1.04 bits per heavy atom. The average molecular weight is 380 g/mol. The second kappa shape index (κ2) is 11.9. The number of aliphatic imine (C=N–C) groups is 1. The van der Waals surface area contributed by atoms with E-state index in [4.69, 9.17) is 14.5 Å². The van der Waals surface area contributed by atoms with Gasteiger partial charge < -0.3 is 19.7 Å². The molecule has 0 spiro atoms. The lowest BCUT2D eigenvalue weighted by atomic mass is 9.87. The van der Waals surface area contributed by atoms with E-state index < -0.39 is 0 Å². The lowest BCUT2D eigenvalue weighted by Gasteiger charge is -2.35. The predicted molar refractivity (Wildman–Crippen MR) is 111 cm³/mol. The number of nitrogens with one attached hydrogen (secondary N) is 1. The molecule has 0 aromatic carbocycles. The van der Waals surface area contributed by atoms with Crippen LogP contribution in [0.4, 0.5) is 0 Å². The van der Waals surface area contributed by atoms with E-state index in [2.05, 4.69) is 17.1 Å². The molecule has 2 saturated heterocycles. The number of rotatable bonds is 7. The first-order chi connectivity index (χ1) is 13.3. The maximum absolute atomic E-state index is 6.16. The summed E-state index contributed by atoms with van der Waals surface area (Å²) in [7, 11) is 0. The monoisotopic (exact) mass is 379 g/mol. The summed E-state index contributed by atoms with van der Waals surface area (Å²) in [6, 6.07) is 0. The summed E-state index contributed by atoms with van der Waals surface area (Å²) in [4.78, 5) is 7.38. The second-order valence-corrected chi connectivity index (χ2v) is 8.54. The van der Waals surface area contributed by atoms with Gasteiger partial charge in [0.25, 0.3) is 0 Å². The quantitative estimate of drug-likeness (QED) is 0.537. The topological polar surface area (TPSA) is 46.1 Å².